The predicted molar refractivity (Wildman–Crippen MR) is 222 cm³/mol. The van der Waals surface area contributed by atoms with Crippen LogP contribution in [0.1, 0.15) is 70.8 Å². The summed E-state index contributed by atoms with van der Waals surface area (Å²) < 4.78 is 39.4. The van der Waals surface area contributed by atoms with Crippen LogP contribution in [0.2, 0.25) is 0 Å². The number of carbonyl (C=O) groups is 4. The molecule has 2 saturated heterocycles. The first-order chi connectivity index (χ1) is 28.6. The minimum absolute atomic E-state index is 0.0716. The van der Waals surface area contributed by atoms with Crippen LogP contribution in [0.3, 0.4) is 0 Å². The average molecular weight is 826 g/mol. The third-order valence-corrected chi connectivity index (χ3v) is 11.6. The van der Waals surface area contributed by atoms with Gasteiger partial charge in [0.15, 0.2) is 0 Å². The summed E-state index contributed by atoms with van der Waals surface area (Å²) in [5.74, 6) is -4.77. The van der Waals surface area contributed by atoms with E-state index in [0.29, 0.717) is 13.0 Å². The number of alkyl halides is 2. The summed E-state index contributed by atoms with van der Waals surface area (Å²) in [5, 5.41) is 7.35. The quantitative estimate of drug-likeness (QED) is 0.161. The SMILES string of the molecule is COC(=O)N[C@H](C(=O)N1CCC[C@H]1C1=NC=C(c2ccc3cc(-c4ccc5c(=O)[nH]c([C@@H]6CC(F)(F)CN6C(=O)[C@@H](NC(=O)OC)C(C)C)nc5c4)ccc3c2)C1)C(C)C. The van der Waals surface area contributed by atoms with E-state index in [9.17, 15) is 32.8 Å². The number of halogens is 2. The van der Waals surface area contributed by atoms with Crippen LogP contribution in [0.5, 0.6) is 0 Å². The molecule has 16 heteroatoms. The van der Waals surface area contributed by atoms with Crippen LogP contribution in [0, 0.1) is 11.8 Å². The number of nitrogens with zero attached hydrogens (tertiary/aromatic N) is 4. The highest BCUT2D eigenvalue weighted by Crippen LogP contribution is 2.41. The highest BCUT2D eigenvalue weighted by atomic mass is 19.3. The summed E-state index contributed by atoms with van der Waals surface area (Å²) in [6.45, 7) is 6.82. The smallest absolute Gasteiger partial charge is 0.407 e. The van der Waals surface area contributed by atoms with Crippen LogP contribution in [-0.2, 0) is 19.1 Å². The largest absolute Gasteiger partial charge is 0.453 e. The molecule has 4 amide bonds. The van der Waals surface area contributed by atoms with Crippen LogP contribution >= 0.6 is 0 Å². The first-order valence-electron chi connectivity index (χ1n) is 20.1. The fraction of sp³-hybridized carbons (Fsp3) is 0.432. The first kappa shape index (κ1) is 42.0. The molecule has 4 atom stereocenters. The summed E-state index contributed by atoms with van der Waals surface area (Å²) in [6, 6.07) is 14.0. The number of alkyl carbamates (subject to hydrolysis) is 2. The number of ether oxygens (including phenoxy) is 2. The Balaban J connectivity index is 1.09. The molecule has 3 aliphatic heterocycles. The molecule has 3 aromatic carbocycles. The summed E-state index contributed by atoms with van der Waals surface area (Å²) in [4.78, 5) is 79.4. The number of hydrogen-bond acceptors (Lipinski definition) is 9. The molecule has 3 N–H and O–H groups in total. The molecule has 0 saturated carbocycles. The van der Waals surface area contributed by atoms with Crippen molar-refractivity contribution >= 4 is 57.0 Å². The number of fused-ring (bicyclic) bond motifs is 2. The predicted octanol–water partition coefficient (Wildman–Crippen LogP) is 6.59. The van der Waals surface area contributed by atoms with E-state index in [1.807, 2.05) is 55.3 Å². The summed E-state index contributed by atoms with van der Waals surface area (Å²) in [6.07, 6.45) is 1.82. The van der Waals surface area contributed by atoms with Crippen molar-refractivity contribution in [2.45, 2.75) is 83.5 Å². The average Bonchev–Trinajstić information content (AvgIpc) is 3.99. The number of hydrogen-bond donors (Lipinski definition) is 3. The Hall–Kier alpha value is -6.19. The van der Waals surface area contributed by atoms with Crippen molar-refractivity contribution in [2.24, 2.45) is 16.8 Å². The number of methoxy groups -OCH3 is 2. The summed E-state index contributed by atoms with van der Waals surface area (Å²) >= 11 is 0. The van der Waals surface area contributed by atoms with Crippen LogP contribution in [0.15, 0.2) is 70.6 Å². The van der Waals surface area contributed by atoms with Crippen molar-refractivity contribution in [1.29, 1.82) is 0 Å². The molecule has 60 heavy (non-hydrogen) atoms. The molecule has 2 fully saturated rings. The minimum atomic E-state index is -3.25. The second-order valence-electron chi connectivity index (χ2n) is 16.4. The van der Waals surface area contributed by atoms with Gasteiger partial charge in [-0.25, -0.2) is 23.4 Å². The molecule has 0 bridgehead atoms. The number of amides is 4. The van der Waals surface area contributed by atoms with Crippen LogP contribution < -0.4 is 16.2 Å². The lowest BCUT2D eigenvalue weighted by molar-refractivity contribution is -0.136. The number of carbonyl (C=O) groups excluding carboxylic acids is 4. The lowest BCUT2D eigenvalue weighted by Gasteiger charge is -2.31. The maximum absolute atomic E-state index is 15.0. The first-order valence-corrected chi connectivity index (χ1v) is 20.1. The van der Waals surface area contributed by atoms with Gasteiger partial charge in [-0.05, 0) is 82.0 Å². The van der Waals surface area contributed by atoms with Gasteiger partial charge in [0.2, 0.25) is 11.8 Å². The van der Waals surface area contributed by atoms with Crippen LogP contribution in [-0.4, -0.2) is 101 Å². The zero-order valence-electron chi connectivity index (χ0n) is 34.4. The molecule has 1 aromatic heterocycles. The van der Waals surface area contributed by atoms with Crippen molar-refractivity contribution in [1.82, 2.24) is 30.4 Å². The van der Waals surface area contributed by atoms with E-state index in [1.165, 1.54) is 7.11 Å². The molecule has 0 spiro atoms. The van der Waals surface area contributed by atoms with E-state index in [0.717, 1.165) is 63.6 Å². The van der Waals surface area contributed by atoms with Gasteiger partial charge in [0.1, 0.15) is 17.9 Å². The van der Waals surface area contributed by atoms with Crippen molar-refractivity contribution in [2.75, 3.05) is 27.3 Å². The van der Waals surface area contributed by atoms with E-state index >= 15 is 0 Å². The minimum Gasteiger partial charge on any atom is -0.453 e. The molecule has 3 aliphatic rings. The van der Waals surface area contributed by atoms with E-state index in [-0.39, 0.29) is 34.6 Å². The number of aromatic nitrogens is 2. The third-order valence-electron chi connectivity index (χ3n) is 11.6. The highest BCUT2D eigenvalue weighted by molar-refractivity contribution is 6.04. The van der Waals surface area contributed by atoms with Crippen molar-refractivity contribution < 1.29 is 37.4 Å². The Bertz CT molecular complexity index is 2480. The van der Waals surface area contributed by atoms with Crippen LogP contribution in [0.4, 0.5) is 18.4 Å². The van der Waals surface area contributed by atoms with Gasteiger partial charge in [-0.15, -0.1) is 0 Å². The normalized spacial score (nSPS) is 19.7. The lowest BCUT2D eigenvalue weighted by Crippen LogP contribution is -2.53. The van der Waals surface area contributed by atoms with Crippen molar-refractivity contribution in [3.05, 3.63) is 82.5 Å². The van der Waals surface area contributed by atoms with E-state index in [4.69, 9.17) is 9.73 Å². The fourth-order valence-corrected chi connectivity index (χ4v) is 8.37. The Morgan fingerprint density at radius 2 is 1.40 bits per heavy atom. The number of aliphatic imine (C=N–C) groups is 1. The van der Waals surface area contributed by atoms with Gasteiger partial charge in [-0.2, -0.15) is 0 Å². The number of benzene rings is 3. The Morgan fingerprint density at radius 3 is 2.03 bits per heavy atom. The molecule has 14 nitrogen and oxygen atoms in total. The van der Waals surface area contributed by atoms with Gasteiger partial charge >= 0.3 is 12.2 Å². The molecule has 316 valence electrons. The fourth-order valence-electron chi connectivity index (χ4n) is 8.37. The van der Waals surface area contributed by atoms with Gasteiger partial charge < -0.3 is 34.9 Å². The molecule has 0 unspecified atom stereocenters. The van der Waals surface area contributed by atoms with E-state index < -0.39 is 66.6 Å². The number of aromatic amines is 1. The molecule has 0 radical (unpaired) electrons. The van der Waals surface area contributed by atoms with E-state index in [1.54, 1.807) is 32.0 Å². The second-order valence-corrected chi connectivity index (χ2v) is 16.4. The Labute approximate surface area is 345 Å². The van der Waals surface area contributed by atoms with Crippen LogP contribution in [0.25, 0.3) is 38.4 Å². The van der Waals surface area contributed by atoms with Gasteiger partial charge in [0, 0.05) is 31.3 Å². The summed E-state index contributed by atoms with van der Waals surface area (Å²) in [5.41, 5.74) is 4.29. The molecule has 4 heterocycles. The molecule has 4 aromatic rings. The number of likely N-dealkylation sites (tertiary alicyclic amines) is 2. The molecular formula is C44H49F2N7O7. The van der Waals surface area contributed by atoms with Gasteiger partial charge in [0.05, 0.1) is 43.8 Å². The Morgan fingerprint density at radius 1 is 0.817 bits per heavy atom. The maximum Gasteiger partial charge on any atom is 0.407 e. The molecule has 7 rings (SSSR count). The number of nitrogens with one attached hydrogen (secondary N) is 3. The number of H-pyrrole nitrogens is 1. The maximum atomic E-state index is 15.0. The molecule has 0 aliphatic carbocycles. The number of allylic oxidation sites excluding steroid dienone is 1. The van der Waals surface area contributed by atoms with Crippen molar-refractivity contribution in [3.8, 4) is 11.1 Å². The van der Waals surface area contributed by atoms with E-state index in [2.05, 4.69) is 31.4 Å². The van der Waals surface area contributed by atoms with Crippen molar-refractivity contribution in [3.63, 3.8) is 0 Å². The Kier molecular flexibility index (Phi) is 11.8. The summed E-state index contributed by atoms with van der Waals surface area (Å²) in [7, 11) is 2.42. The second kappa shape index (κ2) is 16.8. The zero-order valence-corrected chi connectivity index (χ0v) is 34.4. The third kappa shape index (κ3) is 8.45. The van der Waals surface area contributed by atoms with Gasteiger partial charge in [-0.3, -0.25) is 19.4 Å². The monoisotopic (exact) mass is 825 g/mol. The van der Waals surface area contributed by atoms with Gasteiger partial charge in [-0.1, -0.05) is 58.0 Å². The highest BCUT2D eigenvalue weighted by Gasteiger charge is 2.50. The topological polar surface area (TPSA) is 175 Å². The lowest BCUT2D eigenvalue weighted by atomic mass is 9.94. The number of rotatable bonds is 10. The van der Waals surface area contributed by atoms with Gasteiger partial charge in [0.25, 0.3) is 11.5 Å². The molecular weight excluding hydrogens is 777 g/mol. The zero-order chi connectivity index (χ0) is 43.0. The standard InChI is InChI=1S/C44H49F2N7O7/c1-23(2)36(49-42(57)59-5)40(55)52-15-7-8-34(52)33-19-30(21-47-33)28-12-11-25-16-27(10-9-26(25)17-28)29-13-14-31-32(18-29)48-38(51-39(31)54)35-20-44(45,46)22-53(35)41(56)37(24(3)4)50-43(58)60-6/h9-14,16-18,21,23-24,34-37H,7-8,15,19-20,22H2,1-6H3,(H,49,57)(H,50,58)(H,48,51,54)/t34-,35-,36-,37-/m0/s1.